The maximum absolute atomic E-state index is 7.46. The highest BCUT2D eigenvalue weighted by Crippen LogP contribution is 2.22. The van der Waals surface area contributed by atoms with Crippen molar-refractivity contribution in [3.8, 4) is 0 Å². The van der Waals surface area contributed by atoms with Gasteiger partial charge in [-0.05, 0) is 26.4 Å². The van der Waals surface area contributed by atoms with Crippen LogP contribution in [0.2, 0.25) is 0 Å². The molecule has 0 aromatic heterocycles. The van der Waals surface area contributed by atoms with Crippen molar-refractivity contribution in [1.82, 2.24) is 4.90 Å². The van der Waals surface area contributed by atoms with Crippen LogP contribution in [0.5, 0.6) is 0 Å². The number of unbranched alkanes of at least 4 members (excludes halogenated alkanes) is 1. The molecular formula is C12H27N3O. The molecule has 4 heteroatoms. The van der Waals surface area contributed by atoms with Crippen molar-refractivity contribution < 1.29 is 4.74 Å². The van der Waals surface area contributed by atoms with E-state index in [9.17, 15) is 0 Å². The summed E-state index contributed by atoms with van der Waals surface area (Å²) in [6, 6.07) is 0. The highest BCUT2D eigenvalue weighted by Gasteiger charge is 2.20. The SMILES string of the molecule is COCCN(C)CCCCC(C)(C)C(=N)N. The maximum atomic E-state index is 7.46. The molecule has 4 nitrogen and oxygen atoms in total. The van der Waals surface area contributed by atoms with Crippen molar-refractivity contribution >= 4 is 5.84 Å². The van der Waals surface area contributed by atoms with Crippen LogP contribution in [-0.2, 0) is 4.74 Å². The summed E-state index contributed by atoms with van der Waals surface area (Å²) in [4.78, 5) is 2.27. The third-order valence-corrected chi connectivity index (χ3v) is 3.00. The van der Waals surface area contributed by atoms with E-state index >= 15 is 0 Å². The number of nitrogens with one attached hydrogen (secondary N) is 1. The van der Waals surface area contributed by atoms with E-state index in [-0.39, 0.29) is 5.41 Å². The Morgan fingerprint density at radius 1 is 1.31 bits per heavy atom. The lowest BCUT2D eigenvalue weighted by molar-refractivity contribution is 0.160. The van der Waals surface area contributed by atoms with E-state index in [2.05, 4.69) is 11.9 Å². The van der Waals surface area contributed by atoms with E-state index in [1.54, 1.807) is 7.11 Å². The molecule has 0 rings (SSSR count). The molecule has 16 heavy (non-hydrogen) atoms. The molecule has 0 heterocycles. The number of likely N-dealkylation sites (N-methyl/N-ethyl adjacent to an activating group) is 1. The summed E-state index contributed by atoms with van der Waals surface area (Å²) < 4.78 is 5.02. The van der Waals surface area contributed by atoms with Gasteiger partial charge in [-0.1, -0.05) is 20.3 Å². The van der Waals surface area contributed by atoms with Crippen molar-refractivity contribution in [3.05, 3.63) is 0 Å². The van der Waals surface area contributed by atoms with E-state index in [0.717, 1.165) is 39.0 Å². The Bertz CT molecular complexity index is 204. The predicted octanol–water partition coefficient (Wildman–Crippen LogP) is 1.70. The molecule has 0 unspecified atom stereocenters. The van der Waals surface area contributed by atoms with Crippen molar-refractivity contribution in [1.29, 1.82) is 5.41 Å². The van der Waals surface area contributed by atoms with Crippen LogP contribution in [0.4, 0.5) is 0 Å². The van der Waals surface area contributed by atoms with Gasteiger partial charge in [0.1, 0.15) is 0 Å². The van der Waals surface area contributed by atoms with Crippen LogP contribution in [0.1, 0.15) is 33.1 Å². The third kappa shape index (κ3) is 6.80. The van der Waals surface area contributed by atoms with Gasteiger partial charge in [-0.15, -0.1) is 0 Å². The number of amidine groups is 1. The molecule has 3 N–H and O–H groups in total. The molecule has 0 aliphatic heterocycles. The summed E-state index contributed by atoms with van der Waals surface area (Å²) in [7, 11) is 3.83. The molecule has 0 radical (unpaired) electrons. The molecule has 0 aromatic rings. The Morgan fingerprint density at radius 3 is 2.44 bits per heavy atom. The lowest BCUT2D eigenvalue weighted by atomic mass is 9.86. The standard InChI is InChI=1S/C12H27N3O/c1-12(2,11(13)14)7-5-6-8-15(3)9-10-16-4/h5-10H2,1-4H3,(H3,13,14). The molecule has 0 aromatic carbocycles. The van der Waals surface area contributed by atoms with Gasteiger partial charge in [-0.25, -0.2) is 0 Å². The van der Waals surface area contributed by atoms with Crippen LogP contribution < -0.4 is 5.73 Å². The van der Waals surface area contributed by atoms with Gasteiger partial charge in [-0.3, -0.25) is 5.41 Å². The van der Waals surface area contributed by atoms with Crippen LogP contribution in [0, 0.1) is 10.8 Å². The second-order valence-electron chi connectivity index (χ2n) is 5.05. The molecule has 0 aliphatic rings. The van der Waals surface area contributed by atoms with Gasteiger partial charge in [0.15, 0.2) is 0 Å². The minimum atomic E-state index is -0.148. The smallest absolute Gasteiger partial charge is 0.0963 e. The van der Waals surface area contributed by atoms with Gasteiger partial charge in [-0.2, -0.15) is 0 Å². The summed E-state index contributed by atoms with van der Waals surface area (Å²) in [6.45, 7) is 6.91. The molecule has 0 atom stereocenters. The van der Waals surface area contributed by atoms with Gasteiger partial charge >= 0.3 is 0 Å². The zero-order valence-corrected chi connectivity index (χ0v) is 11.2. The van der Waals surface area contributed by atoms with Gasteiger partial charge in [0.25, 0.3) is 0 Å². The lowest BCUT2D eigenvalue weighted by Crippen LogP contribution is -2.31. The summed E-state index contributed by atoms with van der Waals surface area (Å²) in [5.74, 6) is 0.292. The fraction of sp³-hybridized carbons (Fsp3) is 0.917. The molecule has 0 fully saturated rings. The molecule has 96 valence electrons. The number of ether oxygens (including phenoxy) is 1. The van der Waals surface area contributed by atoms with Crippen LogP contribution in [0.15, 0.2) is 0 Å². The average molecular weight is 229 g/mol. The van der Waals surface area contributed by atoms with Gasteiger partial charge in [0.2, 0.25) is 0 Å². The number of hydrogen-bond donors (Lipinski definition) is 2. The maximum Gasteiger partial charge on any atom is 0.0963 e. The lowest BCUT2D eigenvalue weighted by Gasteiger charge is -2.23. The minimum Gasteiger partial charge on any atom is -0.387 e. The van der Waals surface area contributed by atoms with Gasteiger partial charge in [0, 0.05) is 19.1 Å². The number of methoxy groups -OCH3 is 1. The largest absolute Gasteiger partial charge is 0.387 e. The van der Waals surface area contributed by atoms with Crippen molar-refractivity contribution in [3.63, 3.8) is 0 Å². The molecular weight excluding hydrogens is 202 g/mol. The number of nitrogens with two attached hydrogens (primary N) is 1. The summed E-state index contributed by atoms with van der Waals surface area (Å²) in [5.41, 5.74) is 5.39. The molecule has 0 bridgehead atoms. The molecule has 0 aliphatic carbocycles. The first-order valence-electron chi connectivity index (χ1n) is 5.92. The summed E-state index contributed by atoms with van der Waals surface area (Å²) in [5, 5.41) is 7.46. The zero-order chi connectivity index (χ0) is 12.6. The molecule has 0 amide bonds. The fourth-order valence-electron chi connectivity index (χ4n) is 1.44. The van der Waals surface area contributed by atoms with E-state index in [4.69, 9.17) is 15.9 Å². The Morgan fingerprint density at radius 2 is 1.94 bits per heavy atom. The summed E-state index contributed by atoms with van der Waals surface area (Å²) in [6.07, 6.45) is 3.25. The second-order valence-corrected chi connectivity index (χ2v) is 5.05. The minimum absolute atomic E-state index is 0.148. The van der Waals surface area contributed by atoms with Crippen LogP contribution in [0.3, 0.4) is 0 Å². The average Bonchev–Trinajstić information content (AvgIpc) is 2.21. The van der Waals surface area contributed by atoms with E-state index in [1.165, 1.54) is 0 Å². The molecule has 0 saturated carbocycles. The van der Waals surface area contributed by atoms with Gasteiger partial charge < -0.3 is 15.4 Å². The Labute approximate surface area is 99.7 Å². The second kappa shape index (κ2) is 7.63. The van der Waals surface area contributed by atoms with Crippen molar-refractivity contribution in [2.45, 2.75) is 33.1 Å². The highest BCUT2D eigenvalue weighted by molar-refractivity contribution is 5.82. The first kappa shape index (κ1) is 15.4. The topological polar surface area (TPSA) is 62.3 Å². The fourth-order valence-corrected chi connectivity index (χ4v) is 1.44. The highest BCUT2D eigenvalue weighted by atomic mass is 16.5. The van der Waals surface area contributed by atoms with E-state index in [1.807, 2.05) is 13.8 Å². The van der Waals surface area contributed by atoms with Crippen LogP contribution in [0.25, 0.3) is 0 Å². The molecule has 0 spiro atoms. The zero-order valence-electron chi connectivity index (χ0n) is 11.2. The van der Waals surface area contributed by atoms with Crippen LogP contribution in [-0.4, -0.2) is 44.6 Å². The predicted molar refractivity (Wildman–Crippen MR) is 68.9 cm³/mol. The van der Waals surface area contributed by atoms with E-state index < -0.39 is 0 Å². The molecule has 0 saturated heterocycles. The normalized spacial score (nSPS) is 12.1. The monoisotopic (exact) mass is 229 g/mol. The number of rotatable bonds is 9. The number of nitrogens with zero attached hydrogens (tertiary/aromatic N) is 1. The first-order valence-corrected chi connectivity index (χ1v) is 5.92. The van der Waals surface area contributed by atoms with Crippen molar-refractivity contribution in [2.75, 3.05) is 33.9 Å². The number of hydrogen-bond acceptors (Lipinski definition) is 3. The van der Waals surface area contributed by atoms with Crippen LogP contribution >= 0.6 is 0 Å². The van der Waals surface area contributed by atoms with Crippen molar-refractivity contribution in [2.24, 2.45) is 11.1 Å². The Hall–Kier alpha value is -0.610. The quantitative estimate of drug-likeness (QED) is 0.359. The van der Waals surface area contributed by atoms with E-state index in [0.29, 0.717) is 5.84 Å². The van der Waals surface area contributed by atoms with Gasteiger partial charge in [0.05, 0.1) is 12.4 Å². The third-order valence-electron chi connectivity index (χ3n) is 3.00. The first-order chi connectivity index (χ1) is 7.40. The Kier molecular flexibility index (Phi) is 7.34. The Balaban J connectivity index is 3.56. The summed E-state index contributed by atoms with van der Waals surface area (Å²) >= 11 is 0.